The lowest BCUT2D eigenvalue weighted by atomic mass is 9.96. The van der Waals surface area contributed by atoms with E-state index in [4.69, 9.17) is 4.74 Å². The molecule has 2 heterocycles. The van der Waals surface area contributed by atoms with E-state index in [9.17, 15) is 9.59 Å². The minimum Gasteiger partial charge on any atom is -0.485 e. The summed E-state index contributed by atoms with van der Waals surface area (Å²) in [6.07, 6.45) is 1.73. The summed E-state index contributed by atoms with van der Waals surface area (Å²) >= 11 is 0. The van der Waals surface area contributed by atoms with Crippen LogP contribution in [-0.2, 0) is 9.59 Å². The van der Waals surface area contributed by atoms with Gasteiger partial charge in [0, 0.05) is 24.9 Å². The van der Waals surface area contributed by atoms with Gasteiger partial charge < -0.3 is 9.64 Å². The molecule has 1 fully saturated rings. The number of nitrogens with zero attached hydrogens (tertiary/aromatic N) is 2. The van der Waals surface area contributed by atoms with E-state index in [-0.39, 0.29) is 24.5 Å². The summed E-state index contributed by atoms with van der Waals surface area (Å²) in [5.74, 6) is 0.497. The van der Waals surface area contributed by atoms with Crippen LogP contribution in [0.25, 0.3) is 0 Å². The topological polar surface area (TPSA) is 71.0 Å². The maximum absolute atomic E-state index is 12.2. The monoisotopic (exact) mass is 363 g/mol. The molecule has 0 aliphatic carbocycles. The molecular formula is C21H21N3O3. The molecule has 2 aromatic carbocycles. The molecule has 6 nitrogen and oxygen atoms in total. The smallest absolute Gasteiger partial charge is 0.259 e. The van der Waals surface area contributed by atoms with Gasteiger partial charge in [-0.15, -0.1) is 0 Å². The Kier molecular flexibility index (Phi) is 4.87. The Morgan fingerprint density at radius 1 is 1.15 bits per heavy atom. The number of hydrogen-bond acceptors (Lipinski definition) is 4. The third-order valence-electron chi connectivity index (χ3n) is 4.84. The third-order valence-corrected chi connectivity index (χ3v) is 4.84. The number of likely N-dealkylation sites (tertiary alicyclic amines) is 1. The quantitative estimate of drug-likeness (QED) is 0.849. The van der Waals surface area contributed by atoms with E-state index in [1.54, 1.807) is 4.90 Å². The van der Waals surface area contributed by atoms with Crippen molar-refractivity contribution in [2.45, 2.75) is 25.4 Å². The van der Waals surface area contributed by atoms with Gasteiger partial charge in [-0.25, -0.2) is 5.43 Å². The fourth-order valence-electron chi connectivity index (χ4n) is 3.46. The summed E-state index contributed by atoms with van der Waals surface area (Å²) < 4.78 is 6.13. The van der Waals surface area contributed by atoms with Crippen LogP contribution in [-0.4, -0.2) is 35.5 Å². The molecule has 2 aliphatic heterocycles. The molecule has 2 aliphatic rings. The van der Waals surface area contributed by atoms with Crippen LogP contribution in [0.15, 0.2) is 59.7 Å². The third kappa shape index (κ3) is 3.84. The Balaban J connectivity index is 1.52. The molecule has 1 unspecified atom stereocenters. The molecule has 0 saturated carbocycles. The van der Waals surface area contributed by atoms with Crippen molar-refractivity contribution in [2.24, 2.45) is 5.10 Å². The van der Waals surface area contributed by atoms with E-state index in [1.165, 1.54) is 0 Å². The summed E-state index contributed by atoms with van der Waals surface area (Å²) in [5.41, 5.74) is 5.32. The minimum absolute atomic E-state index is 0.0263. The molecule has 1 atom stereocenters. The number of nitrogens with one attached hydrogen (secondary N) is 1. The molecule has 1 N–H and O–H groups in total. The van der Waals surface area contributed by atoms with Crippen molar-refractivity contribution in [1.82, 2.24) is 10.3 Å². The van der Waals surface area contributed by atoms with Gasteiger partial charge in [-0.2, -0.15) is 5.10 Å². The normalized spacial score (nSPS) is 20.3. The van der Waals surface area contributed by atoms with Crippen LogP contribution in [0, 0.1) is 0 Å². The molecule has 1 saturated heterocycles. The zero-order valence-corrected chi connectivity index (χ0v) is 14.9. The largest absolute Gasteiger partial charge is 0.485 e. The lowest BCUT2D eigenvalue weighted by Gasteiger charge is -2.27. The zero-order valence-electron chi connectivity index (χ0n) is 14.9. The van der Waals surface area contributed by atoms with Crippen LogP contribution in [0.5, 0.6) is 5.75 Å². The van der Waals surface area contributed by atoms with Gasteiger partial charge >= 0.3 is 0 Å². The molecule has 0 radical (unpaired) electrons. The molecule has 0 aromatic heterocycles. The van der Waals surface area contributed by atoms with Gasteiger partial charge in [-0.3, -0.25) is 9.59 Å². The highest BCUT2D eigenvalue weighted by molar-refractivity contribution is 6.04. The fourth-order valence-corrected chi connectivity index (χ4v) is 3.46. The van der Waals surface area contributed by atoms with Gasteiger partial charge in [0.25, 0.3) is 5.91 Å². The number of rotatable bonds is 4. The van der Waals surface area contributed by atoms with Crippen LogP contribution in [0.1, 0.15) is 36.5 Å². The van der Waals surface area contributed by atoms with Crippen molar-refractivity contribution in [2.75, 3.05) is 13.1 Å². The van der Waals surface area contributed by atoms with Crippen molar-refractivity contribution in [3.8, 4) is 5.75 Å². The Morgan fingerprint density at radius 3 is 2.70 bits per heavy atom. The standard InChI is InChI=1S/C21H21N3O3/c25-20(14-24-12-6-11-21(24)26)23-22-17-13-19(15-7-2-1-3-8-15)27-18-10-5-4-9-16(17)18/h1-5,7-10,19H,6,11-14H2,(H,23,25)/b22-17-. The zero-order chi connectivity index (χ0) is 18.6. The number of carbonyl (C=O) groups excluding carboxylic acids is 2. The average Bonchev–Trinajstić information content (AvgIpc) is 3.11. The van der Waals surface area contributed by atoms with E-state index in [1.807, 2.05) is 54.6 Å². The van der Waals surface area contributed by atoms with Crippen LogP contribution in [0.3, 0.4) is 0 Å². The van der Waals surface area contributed by atoms with Gasteiger partial charge in [-0.1, -0.05) is 42.5 Å². The molecule has 27 heavy (non-hydrogen) atoms. The predicted octanol–water partition coefficient (Wildman–Crippen LogP) is 2.65. The van der Waals surface area contributed by atoms with E-state index in [0.29, 0.717) is 19.4 Å². The highest BCUT2D eigenvalue weighted by Gasteiger charge is 2.27. The number of fused-ring (bicyclic) bond motifs is 1. The number of amides is 2. The molecule has 2 aromatic rings. The van der Waals surface area contributed by atoms with Crippen molar-refractivity contribution in [3.63, 3.8) is 0 Å². The molecular weight excluding hydrogens is 342 g/mol. The summed E-state index contributed by atoms with van der Waals surface area (Å²) in [7, 11) is 0. The first-order valence-corrected chi connectivity index (χ1v) is 9.15. The van der Waals surface area contributed by atoms with Gasteiger partial charge in [0.1, 0.15) is 18.4 Å². The van der Waals surface area contributed by atoms with E-state index in [2.05, 4.69) is 10.5 Å². The second kappa shape index (κ2) is 7.61. The number of para-hydroxylation sites is 1. The van der Waals surface area contributed by atoms with Gasteiger partial charge in [-0.05, 0) is 24.1 Å². The van der Waals surface area contributed by atoms with E-state index >= 15 is 0 Å². The summed E-state index contributed by atoms with van der Waals surface area (Å²) in [4.78, 5) is 25.4. The SMILES string of the molecule is O=C(CN1CCCC1=O)N/N=C1/CC(c2ccccc2)Oc2ccccc21. The Labute approximate surface area is 157 Å². The minimum atomic E-state index is -0.280. The lowest BCUT2D eigenvalue weighted by molar-refractivity contribution is -0.133. The van der Waals surface area contributed by atoms with E-state index in [0.717, 1.165) is 29.0 Å². The van der Waals surface area contributed by atoms with Crippen LogP contribution in [0.2, 0.25) is 0 Å². The maximum atomic E-state index is 12.2. The summed E-state index contributed by atoms with van der Waals surface area (Å²) in [5, 5.41) is 4.37. The Hall–Kier alpha value is -3.15. The predicted molar refractivity (Wildman–Crippen MR) is 101 cm³/mol. The highest BCUT2D eigenvalue weighted by Crippen LogP contribution is 2.34. The number of ether oxygens (including phenoxy) is 1. The van der Waals surface area contributed by atoms with Crippen molar-refractivity contribution >= 4 is 17.5 Å². The van der Waals surface area contributed by atoms with Gasteiger partial charge in [0.2, 0.25) is 5.91 Å². The second-order valence-corrected chi connectivity index (χ2v) is 6.73. The maximum Gasteiger partial charge on any atom is 0.259 e. The first-order chi connectivity index (χ1) is 13.2. The van der Waals surface area contributed by atoms with Crippen LogP contribution < -0.4 is 10.2 Å². The molecule has 0 bridgehead atoms. The molecule has 2 amide bonds. The Bertz CT molecular complexity index is 879. The van der Waals surface area contributed by atoms with Crippen molar-refractivity contribution < 1.29 is 14.3 Å². The summed E-state index contributed by atoms with van der Waals surface area (Å²) in [6, 6.07) is 17.6. The van der Waals surface area contributed by atoms with Gasteiger partial charge in [0.05, 0.1) is 5.71 Å². The second-order valence-electron chi connectivity index (χ2n) is 6.73. The summed E-state index contributed by atoms with van der Waals surface area (Å²) in [6.45, 7) is 0.686. The Morgan fingerprint density at radius 2 is 1.93 bits per heavy atom. The number of hydrazone groups is 1. The molecule has 6 heteroatoms. The molecule has 0 spiro atoms. The average molecular weight is 363 g/mol. The fraction of sp³-hybridized carbons (Fsp3) is 0.286. The number of benzene rings is 2. The highest BCUT2D eigenvalue weighted by atomic mass is 16.5. The van der Waals surface area contributed by atoms with Crippen LogP contribution >= 0.6 is 0 Å². The first-order valence-electron chi connectivity index (χ1n) is 9.15. The van der Waals surface area contributed by atoms with Crippen LogP contribution in [0.4, 0.5) is 0 Å². The number of carbonyl (C=O) groups is 2. The molecule has 4 rings (SSSR count). The molecule has 138 valence electrons. The number of hydrogen-bond donors (Lipinski definition) is 1. The first kappa shape index (κ1) is 17.3. The van der Waals surface area contributed by atoms with Crippen molar-refractivity contribution in [1.29, 1.82) is 0 Å². The van der Waals surface area contributed by atoms with Crippen molar-refractivity contribution in [3.05, 3.63) is 65.7 Å². The van der Waals surface area contributed by atoms with Gasteiger partial charge in [0.15, 0.2) is 0 Å². The lowest BCUT2D eigenvalue weighted by Crippen LogP contribution is -2.36. The van der Waals surface area contributed by atoms with E-state index < -0.39 is 0 Å².